The lowest BCUT2D eigenvalue weighted by Gasteiger charge is -2.53. The Hall–Kier alpha value is -0.740. The van der Waals surface area contributed by atoms with Gasteiger partial charge in [-0.05, 0) is 104 Å². The van der Waals surface area contributed by atoms with E-state index < -0.39 is 35.7 Å². The predicted octanol–water partition coefficient (Wildman–Crippen LogP) is 9.26. The van der Waals surface area contributed by atoms with Crippen molar-refractivity contribution in [3.05, 3.63) is 29.3 Å². The van der Waals surface area contributed by atoms with Crippen LogP contribution in [0.3, 0.4) is 0 Å². The van der Waals surface area contributed by atoms with Crippen LogP contribution in [0.2, 0.25) is 0 Å². The molecule has 1 aromatic carbocycles. The molecular formula is C32H48BrF5O3S. The minimum Gasteiger partial charge on any atom is -0.508 e. The first kappa shape index (κ1) is 35.7. The zero-order chi connectivity index (χ0) is 29.8. The van der Waals surface area contributed by atoms with Gasteiger partial charge < -0.3 is 10.2 Å². The average Bonchev–Trinajstić information content (AvgIpc) is 3.20. The summed E-state index contributed by atoms with van der Waals surface area (Å²) in [5.41, 5.74) is 2.73. The van der Waals surface area contributed by atoms with E-state index in [0.29, 0.717) is 41.6 Å². The van der Waals surface area contributed by atoms with Crippen LogP contribution in [0.1, 0.15) is 114 Å². The molecule has 2 fully saturated rings. The SMILES string of the molecule is Br.C[C@]12CC[C@@H]3c4ccc(O)cc4C[C@@H](CCCCCCCCCS(=O)CCCC(F)(F)C(F)(F)F)[C@H]3[C@@H]1CC[C@@H]2O. The van der Waals surface area contributed by atoms with Gasteiger partial charge in [-0.2, -0.15) is 22.0 Å². The van der Waals surface area contributed by atoms with Gasteiger partial charge in [0.15, 0.2) is 0 Å². The van der Waals surface area contributed by atoms with E-state index in [1.165, 1.54) is 11.1 Å². The summed E-state index contributed by atoms with van der Waals surface area (Å²) in [6, 6.07) is 5.92. The number of unbranched alkanes of at least 4 members (excludes halogenated alkanes) is 6. The maximum absolute atomic E-state index is 13.0. The molecule has 0 amide bonds. The molecule has 0 saturated heterocycles. The Morgan fingerprint density at radius 2 is 1.57 bits per heavy atom. The first-order chi connectivity index (χ1) is 19.3. The maximum Gasteiger partial charge on any atom is 0.453 e. The highest BCUT2D eigenvalue weighted by Crippen LogP contribution is 2.62. The molecule has 42 heavy (non-hydrogen) atoms. The highest BCUT2D eigenvalue weighted by Gasteiger charge is 2.57. The number of aliphatic hydroxyl groups excluding tert-OH is 1. The molecule has 1 aromatic rings. The molecule has 7 atom stereocenters. The van der Waals surface area contributed by atoms with Crippen molar-refractivity contribution in [2.24, 2.45) is 23.2 Å². The van der Waals surface area contributed by atoms with Crippen LogP contribution in [-0.2, 0) is 17.2 Å². The van der Waals surface area contributed by atoms with Crippen LogP contribution in [0.15, 0.2) is 18.2 Å². The van der Waals surface area contributed by atoms with E-state index in [1.807, 2.05) is 12.1 Å². The van der Waals surface area contributed by atoms with Crippen molar-refractivity contribution in [1.29, 1.82) is 0 Å². The summed E-state index contributed by atoms with van der Waals surface area (Å²) in [6.07, 6.45) is 5.97. The molecule has 2 N–H and O–H groups in total. The molecule has 4 rings (SSSR count). The number of rotatable bonds is 14. The summed E-state index contributed by atoms with van der Waals surface area (Å²) in [6.45, 7) is 2.30. The van der Waals surface area contributed by atoms with Crippen LogP contribution in [-0.4, -0.2) is 44.1 Å². The van der Waals surface area contributed by atoms with Crippen molar-refractivity contribution in [3.63, 3.8) is 0 Å². The number of aliphatic hydroxyl groups is 1. The van der Waals surface area contributed by atoms with Crippen LogP contribution in [0, 0.1) is 23.2 Å². The number of aromatic hydroxyl groups is 1. The lowest BCUT2D eigenvalue weighted by Crippen LogP contribution is -2.47. The standard InChI is InChI=1S/C32H47F5O3S.BrH/c1-30-17-15-26-25-12-11-24(38)21-23(25)20-22(29(26)27(30)13-14-28(30)39)10-7-5-3-2-4-6-8-18-41(40)19-9-16-31(33,34)32(35,36)37;/h11-12,21-22,26-29,38-39H,2-10,13-20H2,1H3;1H/t22-,26-,27+,28+,29-,30+,41?;/m1./s1. The van der Waals surface area contributed by atoms with Crippen LogP contribution in [0.4, 0.5) is 22.0 Å². The molecule has 3 nitrogen and oxygen atoms in total. The highest BCUT2D eigenvalue weighted by atomic mass is 79.9. The second kappa shape index (κ2) is 15.0. The summed E-state index contributed by atoms with van der Waals surface area (Å²) in [7, 11) is -1.35. The van der Waals surface area contributed by atoms with Gasteiger partial charge >= 0.3 is 12.1 Å². The van der Waals surface area contributed by atoms with Crippen molar-refractivity contribution in [3.8, 4) is 5.75 Å². The molecule has 10 heteroatoms. The molecule has 2 saturated carbocycles. The van der Waals surface area contributed by atoms with Gasteiger partial charge in [-0.15, -0.1) is 17.0 Å². The highest BCUT2D eigenvalue weighted by molar-refractivity contribution is 8.93. The van der Waals surface area contributed by atoms with Gasteiger partial charge in [-0.1, -0.05) is 51.5 Å². The summed E-state index contributed by atoms with van der Waals surface area (Å²) in [5.74, 6) is -1.91. The van der Waals surface area contributed by atoms with Crippen LogP contribution < -0.4 is 0 Å². The monoisotopic (exact) mass is 686 g/mol. The minimum atomic E-state index is -5.54. The molecule has 3 aliphatic rings. The largest absolute Gasteiger partial charge is 0.508 e. The number of hydrogen-bond donors (Lipinski definition) is 2. The zero-order valence-electron chi connectivity index (χ0n) is 24.6. The molecule has 0 bridgehead atoms. The van der Waals surface area contributed by atoms with E-state index in [-0.39, 0.29) is 34.3 Å². The molecule has 242 valence electrons. The number of fused-ring (bicyclic) bond motifs is 5. The molecular weight excluding hydrogens is 639 g/mol. The fourth-order valence-corrected chi connectivity index (χ4v) is 9.48. The van der Waals surface area contributed by atoms with Crippen molar-refractivity contribution >= 4 is 27.8 Å². The Morgan fingerprint density at radius 1 is 0.929 bits per heavy atom. The van der Waals surface area contributed by atoms with E-state index in [2.05, 4.69) is 13.0 Å². The van der Waals surface area contributed by atoms with Crippen molar-refractivity contribution < 1.29 is 36.4 Å². The van der Waals surface area contributed by atoms with E-state index in [1.54, 1.807) is 0 Å². The number of halogens is 6. The summed E-state index contributed by atoms with van der Waals surface area (Å²) < 4.78 is 74.5. The lowest BCUT2D eigenvalue weighted by molar-refractivity contribution is -0.284. The first-order valence-corrected chi connectivity index (χ1v) is 17.1. The second-order valence-electron chi connectivity index (χ2n) is 13.2. The van der Waals surface area contributed by atoms with Crippen LogP contribution >= 0.6 is 17.0 Å². The van der Waals surface area contributed by atoms with E-state index in [9.17, 15) is 36.4 Å². The predicted molar refractivity (Wildman–Crippen MR) is 163 cm³/mol. The van der Waals surface area contributed by atoms with Gasteiger partial charge in [0.05, 0.1) is 6.10 Å². The third-order valence-electron chi connectivity index (χ3n) is 10.6. The lowest BCUT2D eigenvalue weighted by atomic mass is 9.52. The fraction of sp³-hybridized carbons (Fsp3) is 0.812. The first-order valence-electron chi connectivity index (χ1n) is 15.6. The quantitative estimate of drug-likeness (QED) is 0.152. The smallest absolute Gasteiger partial charge is 0.453 e. The fourth-order valence-electron chi connectivity index (χ4n) is 8.28. The normalized spacial score (nSPS) is 29.7. The molecule has 0 aliphatic heterocycles. The van der Waals surface area contributed by atoms with E-state index >= 15 is 0 Å². The number of phenols is 1. The van der Waals surface area contributed by atoms with Gasteiger partial charge in [0.2, 0.25) is 0 Å². The third kappa shape index (κ3) is 8.29. The number of alkyl halides is 5. The summed E-state index contributed by atoms with van der Waals surface area (Å²) in [4.78, 5) is 0. The Kier molecular flexibility index (Phi) is 12.8. The van der Waals surface area contributed by atoms with Crippen LogP contribution in [0.5, 0.6) is 5.75 Å². The Labute approximate surface area is 260 Å². The second-order valence-corrected chi connectivity index (χ2v) is 14.9. The summed E-state index contributed by atoms with van der Waals surface area (Å²) in [5, 5.41) is 21.0. The van der Waals surface area contributed by atoms with Crippen LogP contribution in [0.25, 0.3) is 0 Å². The van der Waals surface area contributed by atoms with Crippen molar-refractivity contribution in [1.82, 2.24) is 0 Å². The van der Waals surface area contributed by atoms with Gasteiger partial charge in [0.25, 0.3) is 0 Å². The number of benzene rings is 1. The van der Waals surface area contributed by atoms with Crippen molar-refractivity contribution in [2.75, 3.05) is 11.5 Å². The maximum atomic E-state index is 13.0. The number of hydrogen-bond acceptors (Lipinski definition) is 3. The molecule has 3 aliphatic carbocycles. The van der Waals surface area contributed by atoms with E-state index in [4.69, 9.17) is 0 Å². The minimum absolute atomic E-state index is 0. The Bertz CT molecular complexity index is 1040. The summed E-state index contributed by atoms with van der Waals surface area (Å²) >= 11 is 0. The average molecular weight is 688 g/mol. The van der Waals surface area contributed by atoms with Gasteiger partial charge in [-0.25, -0.2) is 0 Å². The van der Waals surface area contributed by atoms with E-state index in [0.717, 1.165) is 77.0 Å². The zero-order valence-corrected chi connectivity index (χ0v) is 27.2. The molecule has 0 radical (unpaired) electrons. The van der Waals surface area contributed by atoms with Gasteiger partial charge in [0.1, 0.15) is 5.75 Å². The Morgan fingerprint density at radius 3 is 2.26 bits per heavy atom. The molecule has 0 aromatic heterocycles. The van der Waals surface area contributed by atoms with Gasteiger partial charge in [0, 0.05) is 28.7 Å². The van der Waals surface area contributed by atoms with Crippen molar-refractivity contribution in [2.45, 2.75) is 127 Å². The molecule has 1 unspecified atom stereocenters. The van der Waals surface area contributed by atoms with Gasteiger partial charge in [-0.3, -0.25) is 4.21 Å². The number of phenolic OH excluding ortho intramolecular Hbond substituents is 1. The molecule has 0 heterocycles. The topological polar surface area (TPSA) is 57.5 Å². The Balaban J connectivity index is 0.00000484. The third-order valence-corrected chi connectivity index (χ3v) is 12.0. The molecule has 0 spiro atoms.